The van der Waals surface area contributed by atoms with Crippen LogP contribution in [0.15, 0.2) is 18.2 Å². The summed E-state index contributed by atoms with van der Waals surface area (Å²) in [5.74, 6) is -0.316. The fourth-order valence-corrected chi connectivity index (χ4v) is 1.38. The molecule has 5 nitrogen and oxygen atoms in total. The molecule has 0 aliphatic rings. The second kappa shape index (κ2) is 6.05. The molecule has 0 saturated heterocycles. The summed E-state index contributed by atoms with van der Waals surface area (Å²) in [5.41, 5.74) is 6.41. The van der Waals surface area contributed by atoms with Gasteiger partial charge in [-0.2, -0.15) is 0 Å². The van der Waals surface area contributed by atoms with Crippen molar-refractivity contribution in [2.75, 3.05) is 12.3 Å². The summed E-state index contributed by atoms with van der Waals surface area (Å²) in [6, 6.07) is 4.69. The Morgan fingerprint density at radius 3 is 2.56 bits per heavy atom. The Morgan fingerprint density at radius 1 is 1.33 bits per heavy atom. The van der Waals surface area contributed by atoms with Crippen LogP contribution in [0.1, 0.15) is 31.1 Å². The first-order valence-corrected chi connectivity index (χ1v) is 5.63. The van der Waals surface area contributed by atoms with E-state index in [2.05, 4.69) is 0 Å². The third-order valence-electron chi connectivity index (χ3n) is 2.10. The van der Waals surface area contributed by atoms with Crippen molar-refractivity contribution in [3.05, 3.63) is 23.8 Å². The van der Waals surface area contributed by atoms with Crippen LogP contribution < -0.4 is 10.5 Å². The van der Waals surface area contributed by atoms with Gasteiger partial charge in [-0.3, -0.25) is 4.79 Å². The van der Waals surface area contributed by atoms with Gasteiger partial charge in [-0.05, 0) is 39.0 Å². The van der Waals surface area contributed by atoms with Crippen molar-refractivity contribution in [2.45, 2.75) is 26.9 Å². The third-order valence-corrected chi connectivity index (χ3v) is 2.10. The highest BCUT2D eigenvalue weighted by molar-refractivity contribution is 5.97. The number of benzene rings is 1. The molecule has 0 atom stereocenters. The van der Waals surface area contributed by atoms with Crippen LogP contribution in [-0.4, -0.2) is 24.5 Å². The smallest absolute Gasteiger partial charge is 0.344 e. The van der Waals surface area contributed by atoms with Crippen molar-refractivity contribution in [1.82, 2.24) is 0 Å². The fourth-order valence-electron chi connectivity index (χ4n) is 1.38. The summed E-state index contributed by atoms with van der Waals surface area (Å²) in [5, 5.41) is 0. The predicted octanol–water partition coefficient (Wildman–Crippen LogP) is 1.80. The summed E-state index contributed by atoms with van der Waals surface area (Å²) in [6.45, 7) is 4.68. The molecule has 0 fully saturated rings. The van der Waals surface area contributed by atoms with Gasteiger partial charge in [-0.25, -0.2) is 4.79 Å². The van der Waals surface area contributed by atoms with E-state index < -0.39 is 5.97 Å². The second-order valence-electron chi connectivity index (χ2n) is 4.14. The number of nitrogens with two attached hydrogens (primary N) is 1. The summed E-state index contributed by atoms with van der Waals surface area (Å²) >= 11 is 0. The van der Waals surface area contributed by atoms with E-state index in [1.54, 1.807) is 26.0 Å². The van der Waals surface area contributed by atoms with E-state index in [1.165, 1.54) is 13.0 Å². The van der Waals surface area contributed by atoms with Crippen molar-refractivity contribution in [3.63, 3.8) is 0 Å². The van der Waals surface area contributed by atoms with Crippen LogP contribution >= 0.6 is 0 Å². The van der Waals surface area contributed by atoms with Gasteiger partial charge in [-0.15, -0.1) is 0 Å². The Morgan fingerprint density at radius 2 is 2.00 bits per heavy atom. The lowest BCUT2D eigenvalue weighted by Crippen LogP contribution is -2.19. The fraction of sp³-hybridized carbons (Fsp3) is 0.385. The second-order valence-corrected chi connectivity index (χ2v) is 4.14. The molecule has 0 radical (unpaired) electrons. The van der Waals surface area contributed by atoms with Crippen LogP contribution in [0, 0.1) is 0 Å². The molecule has 0 aliphatic heterocycles. The number of carbonyl (C=O) groups excluding carboxylic acids is 2. The minimum atomic E-state index is -0.476. The number of carbonyl (C=O) groups is 2. The first-order chi connectivity index (χ1) is 8.40. The molecular weight excluding hydrogens is 234 g/mol. The molecule has 0 aromatic heterocycles. The molecule has 1 rings (SSSR count). The van der Waals surface area contributed by atoms with Crippen molar-refractivity contribution in [1.29, 1.82) is 0 Å². The Kier molecular flexibility index (Phi) is 4.71. The lowest BCUT2D eigenvalue weighted by molar-refractivity contribution is -0.149. The zero-order valence-corrected chi connectivity index (χ0v) is 10.7. The van der Waals surface area contributed by atoms with E-state index in [0.717, 1.165) is 0 Å². The Hall–Kier alpha value is -2.04. The number of anilines is 1. The maximum absolute atomic E-state index is 11.4. The molecule has 1 aromatic carbocycles. The van der Waals surface area contributed by atoms with Gasteiger partial charge in [0.25, 0.3) is 0 Å². The predicted molar refractivity (Wildman–Crippen MR) is 67.6 cm³/mol. The van der Waals surface area contributed by atoms with E-state index >= 15 is 0 Å². The molecule has 0 amide bonds. The van der Waals surface area contributed by atoms with Gasteiger partial charge in [0.05, 0.1) is 11.7 Å². The van der Waals surface area contributed by atoms with E-state index in [0.29, 0.717) is 17.0 Å². The topological polar surface area (TPSA) is 78.6 Å². The van der Waals surface area contributed by atoms with Gasteiger partial charge in [0.2, 0.25) is 0 Å². The Balaban J connectivity index is 2.73. The van der Waals surface area contributed by atoms with Crippen molar-refractivity contribution >= 4 is 17.4 Å². The van der Waals surface area contributed by atoms with E-state index in [9.17, 15) is 9.59 Å². The maximum Gasteiger partial charge on any atom is 0.344 e. The normalized spacial score (nSPS) is 10.2. The third kappa shape index (κ3) is 4.08. The van der Waals surface area contributed by atoms with Gasteiger partial charge < -0.3 is 15.2 Å². The largest absolute Gasteiger partial charge is 0.481 e. The standard InChI is InChI=1S/C13H17NO4/c1-8(2)18-13(16)7-17-12-5-4-10(14)6-11(12)9(3)15/h4-6,8H,7,14H2,1-3H3. The molecule has 0 saturated carbocycles. The highest BCUT2D eigenvalue weighted by Gasteiger charge is 2.12. The number of nitrogen functional groups attached to an aromatic ring is 1. The molecule has 98 valence electrons. The molecular formula is C13H17NO4. The van der Waals surface area contributed by atoms with Crippen molar-refractivity contribution in [2.24, 2.45) is 0 Å². The monoisotopic (exact) mass is 251 g/mol. The van der Waals surface area contributed by atoms with Gasteiger partial charge >= 0.3 is 5.97 Å². The summed E-state index contributed by atoms with van der Waals surface area (Å²) in [4.78, 5) is 22.7. The number of esters is 1. The Bertz CT molecular complexity index is 454. The molecule has 0 unspecified atom stereocenters. The average Bonchev–Trinajstić information content (AvgIpc) is 2.26. The lowest BCUT2D eigenvalue weighted by atomic mass is 10.1. The van der Waals surface area contributed by atoms with Crippen molar-refractivity contribution in [3.8, 4) is 5.75 Å². The SMILES string of the molecule is CC(=O)c1cc(N)ccc1OCC(=O)OC(C)C. The summed E-state index contributed by atoms with van der Waals surface area (Å²) in [6.07, 6.45) is -0.195. The molecule has 18 heavy (non-hydrogen) atoms. The zero-order chi connectivity index (χ0) is 13.7. The zero-order valence-electron chi connectivity index (χ0n) is 10.7. The van der Waals surface area contributed by atoms with Crippen LogP contribution in [0.3, 0.4) is 0 Å². The van der Waals surface area contributed by atoms with Crippen molar-refractivity contribution < 1.29 is 19.1 Å². The van der Waals surface area contributed by atoms with E-state index in [4.69, 9.17) is 15.2 Å². The van der Waals surface area contributed by atoms with Crippen LogP contribution in [0.4, 0.5) is 5.69 Å². The molecule has 0 bridgehead atoms. The number of ketones is 1. The number of hydrogen-bond donors (Lipinski definition) is 1. The number of hydrogen-bond acceptors (Lipinski definition) is 5. The highest BCUT2D eigenvalue weighted by Crippen LogP contribution is 2.21. The minimum Gasteiger partial charge on any atom is -0.481 e. The number of Topliss-reactive ketones (excluding diaryl/α,β-unsaturated/α-hetero) is 1. The molecule has 0 heterocycles. The first kappa shape index (κ1) is 14.0. The molecule has 1 aromatic rings. The molecule has 0 spiro atoms. The van der Waals surface area contributed by atoms with Crippen LogP contribution in [0.5, 0.6) is 5.75 Å². The number of ether oxygens (including phenoxy) is 2. The minimum absolute atomic E-state index is 0.172. The molecule has 0 aliphatic carbocycles. The highest BCUT2D eigenvalue weighted by atomic mass is 16.6. The van der Waals surface area contributed by atoms with Crippen LogP contribution in [0.2, 0.25) is 0 Å². The van der Waals surface area contributed by atoms with Gasteiger partial charge in [0.1, 0.15) is 5.75 Å². The van der Waals surface area contributed by atoms with Crippen LogP contribution in [0.25, 0.3) is 0 Å². The van der Waals surface area contributed by atoms with Gasteiger partial charge in [0, 0.05) is 5.69 Å². The van der Waals surface area contributed by atoms with Gasteiger partial charge in [0.15, 0.2) is 12.4 Å². The first-order valence-electron chi connectivity index (χ1n) is 5.63. The van der Waals surface area contributed by atoms with E-state index in [-0.39, 0.29) is 18.5 Å². The maximum atomic E-state index is 11.4. The Labute approximate surface area is 106 Å². The number of rotatable bonds is 5. The average molecular weight is 251 g/mol. The molecule has 2 N–H and O–H groups in total. The lowest BCUT2D eigenvalue weighted by Gasteiger charge is -2.11. The summed E-state index contributed by atoms with van der Waals surface area (Å²) in [7, 11) is 0. The van der Waals surface area contributed by atoms with Crippen LogP contribution in [-0.2, 0) is 9.53 Å². The quantitative estimate of drug-likeness (QED) is 0.490. The van der Waals surface area contributed by atoms with E-state index in [1.807, 2.05) is 0 Å². The summed E-state index contributed by atoms with van der Waals surface area (Å²) < 4.78 is 10.2. The van der Waals surface area contributed by atoms with Gasteiger partial charge in [-0.1, -0.05) is 0 Å². The molecule has 5 heteroatoms.